The van der Waals surface area contributed by atoms with E-state index in [4.69, 9.17) is 4.74 Å². The van der Waals surface area contributed by atoms with Gasteiger partial charge in [0.05, 0.1) is 17.6 Å². The number of para-hydroxylation sites is 2. The van der Waals surface area contributed by atoms with Crippen molar-refractivity contribution in [3.8, 4) is 5.69 Å². The molecule has 2 heterocycles. The average molecular weight is 500 g/mol. The SMILES string of the molecule is c1ccc(-n2c3ccccc3c3cc(S(c4ccccc4)(c4ccccc4)C4CCOC4)ccc32)cc1. The molecule has 1 aliphatic rings. The van der Waals surface area contributed by atoms with Gasteiger partial charge >= 0.3 is 0 Å². The lowest BCUT2D eigenvalue weighted by molar-refractivity contribution is 0.199. The van der Waals surface area contributed by atoms with E-state index in [0.29, 0.717) is 5.25 Å². The van der Waals surface area contributed by atoms with Crippen LogP contribution in [0.2, 0.25) is 0 Å². The summed E-state index contributed by atoms with van der Waals surface area (Å²) in [7, 11) is -1.56. The number of benzene rings is 5. The molecule has 2 nitrogen and oxygen atoms in total. The Balaban J connectivity index is 1.57. The van der Waals surface area contributed by atoms with Crippen molar-refractivity contribution in [1.82, 2.24) is 4.57 Å². The molecule has 1 aliphatic heterocycles. The summed E-state index contributed by atoms with van der Waals surface area (Å²) in [5, 5.41) is 3.03. The third-order valence-corrected chi connectivity index (χ3v) is 12.0. The number of nitrogens with zero attached hydrogens (tertiary/aromatic N) is 1. The van der Waals surface area contributed by atoms with Crippen molar-refractivity contribution in [1.29, 1.82) is 0 Å². The molecular formula is C34H29NOS. The first-order chi connectivity index (χ1) is 18.4. The van der Waals surface area contributed by atoms with Crippen molar-refractivity contribution in [2.45, 2.75) is 26.4 Å². The summed E-state index contributed by atoms with van der Waals surface area (Å²) >= 11 is 0. The first kappa shape index (κ1) is 22.4. The van der Waals surface area contributed by atoms with Crippen LogP contribution in [0.15, 0.2) is 148 Å². The van der Waals surface area contributed by atoms with E-state index in [1.165, 1.54) is 42.2 Å². The van der Waals surface area contributed by atoms with Gasteiger partial charge in [-0.15, -0.1) is 0 Å². The van der Waals surface area contributed by atoms with E-state index >= 15 is 0 Å². The zero-order valence-electron chi connectivity index (χ0n) is 20.7. The summed E-state index contributed by atoms with van der Waals surface area (Å²) in [5.74, 6) is 0. The molecule has 5 aromatic carbocycles. The second-order valence-electron chi connectivity index (χ2n) is 9.64. The molecule has 37 heavy (non-hydrogen) atoms. The topological polar surface area (TPSA) is 14.2 Å². The maximum absolute atomic E-state index is 6.06. The number of aromatic nitrogens is 1. The Morgan fingerprint density at radius 2 is 1.16 bits per heavy atom. The molecule has 0 bridgehead atoms. The van der Waals surface area contributed by atoms with Crippen LogP contribution in [0, 0.1) is 0 Å². The highest BCUT2D eigenvalue weighted by Crippen LogP contribution is 2.72. The molecule has 0 spiro atoms. The van der Waals surface area contributed by atoms with Crippen LogP contribution in [0.5, 0.6) is 0 Å². The van der Waals surface area contributed by atoms with Crippen LogP contribution in [0.1, 0.15) is 6.42 Å². The minimum Gasteiger partial charge on any atom is -0.380 e. The van der Waals surface area contributed by atoms with Crippen molar-refractivity contribution in [2.24, 2.45) is 0 Å². The minimum absolute atomic E-state index is 0.428. The molecule has 0 N–H and O–H groups in total. The highest BCUT2D eigenvalue weighted by molar-refractivity contribution is 8.34. The summed E-state index contributed by atoms with van der Waals surface area (Å²) in [6.45, 7) is 1.62. The average Bonchev–Trinajstić information content (AvgIpc) is 3.62. The van der Waals surface area contributed by atoms with Gasteiger partial charge in [-0.05, 0) is 81.8 Å². The quantitative estimate of drug-likeness (QED) is 0.231. The van der Waals surface area contributed by atoms with E-state index in [2.05, 4.69) is 138 Å². The van der Waals surface area contributed by atoms with Crippen molar-refractivity contribution >= 4 is 31.8 Å². The lowest BCUT2D eigenvalue weighted by atomic mass is 10.1. The number of hydrogen-bond donors (Lipinski definition) is 0. The molecule has 0 radical (unpaired) electrons. The third kappa shape index (κ3) is 3.53. The van der Waals surface area contributed by atoms with Crippen LogP contribution in [0.4, 0.5) is 0 Å². The molecular weight excluding hydrogens is 470 g/mol. The Morgan fingerprint density at radius 1 is 0.568 bits per heavy atom. The maximum atomic E-state index is 6.06. The molecule has 1 aromatic heterocycles. The fourth-order valence-electron chi connectivity index (χ4n) is 6.06. The Labute approximate surface area is 219 Å². The van der Waals surface area contributed by atoms with Crippen LogP contribution >= 0.6 is 10.0 Å². The molecule has 182 valence electrons. The Bertz CT molecular complexity index is 1630. The molecule has 1 saturated heterocycles. The summed E-state index contributed by atoms with van der Waals surface area (Å²) < 4.78 is 8.46. The van der Waals surface area contributed by atoms with Gasteiger partial charge in [0.15, 0.2) is 0 Å². The van der Waals surface area contributed by atoms with Gasteiger partial charge in [-0.25, -0.2) is 0 Å². The van der Waals surface area contributed by atoms with Crippen molar-refractivity contribution in [3.05, 3.63) is 133 Å². The standard InChI is InChI=1S/C34H29NOS/c1-4-12-26(13-5-1)35-33-19-11-10-18-31(33)32-24-29(20-21-34(32)35)37(30-22-23-36-25-30,27-14-6-2-7-15-27)28-16-8-3-9-17-28/h1-21,24,30H,22-23,25H2. The fourth-order valence-corrected chi connectivity index (χ4v) is 10.5. The van der Waals surface area contributed by atoms with E-state index < -0.39 is 10.0 Å². The zero-order chi connectivity index (χ0) is 24.7. The molecule has 0 amide bonds. The first-order valence-corrected chi connectivity index (χ1v) is 14.7. The molecule has 6 aromatic rings. The Kier molecular flexibility index (Phi) is 5.61. The molecule has 7 rings (SSSR count). The molecule has 3 heteroatoms. The summed E-state index contributed by atoms with van der Waals surface area (Å²) in [5.41, 5.74) is 3.67. The van der Waals surface area contributed by atoms with Gasteiger partial charge in [-0.3, -0.25) is 0 Å². The van der Waals surface area contributed by atoms with Crippen LogP contribution < -0.4 is 0 Å². The van der Waals surface area contributed by atoms with Crippen molar-refractivity contribution in [2.75, 3.05) is 13.2 Å². The lowest BCUT2D eigenvalue weighted by Crippen LogP contribution is -2.20. The monoisotopic (exact) mass is 499 g/mol. The Hall–Kier alpha value is -3.79. The summed E-state index contributed by atoms with van der Waals surface area (Å²) in [4.78, 5) is 4.22. The van der Waals surface area contributed by atoms with Gasteiger partial charge in [0.2, 0.25) is 0 Å². The molecule has 1 fully saturated rings. The van der Waals surface area contributed by atoms with Gasteiger partial charge in [-0.2, -0.15) is 10.0 Å². The number of fused-ring (bicyclic) bond motifs is 3. The number of ether oxygens (including phenoxy) is 1. The predicted octanol–water partition coefficient (Wildman–Crippen LogP) is 8.85. The third-order valence-electron chi connectivity index (χ3n) is 7.65. The highest BCUT2D eigenvalue weighted by Gasteiger charge is 2.41. The van der Waals surface area contributed by atoms with E-state index in [-0.39, 0.29) is 0 Å². The van der Waals surface area contributed by atoms with Gasteiger partial charge in [-0.1, -0.05) is 72.8 Å². The van der Waals surface area contributed by atoms with Gasteiger partial charge in [0.1, 0.15) is 0 Å². The smallest absolute Gasteiger partial charge is 0.0580 e. The first-order valence-electron chi connectivity index (χ1n) is 13.0. The number of hydrogen-bond acceptors (Lipinski definition) is 1. The second-order valence-corrected chi connectivity index (χ2v) is 13.0. The molecule has 1 unspecified atom stereocenters. The molecule has 0 aliphatic carbocycles. The summed E-state index contributed by atoms with van der Waals surface area (Å²) in [6.07, 6.45) is 1.07. The van der Waals surface area contributed by atoms with Crippen molar-refractivity contribution < 1.29 is 4.74 Å². The van der Waals surface area contributed by atoms with E-state index in [0.717, 1.165) is 19.6 Å². The van der Waals surface area contributed by atoms with E-state index in [1.807, 2.05) is 0 Å². The lowest BCUT2D eigenvalue weighted by Gasteiger charge is -2.46. The fraction of sp³-hybridized carbons (Fsp3) is 0.118. The second kappa shape index (κ2) is 9.26. The normalized spacial score (nSPS) is 16.4. The van der Waals surface area contributed by atoms with E-state index in [1.54, 1.807) is 0 Å². The van der Waals surface area contributed by atoms with Crippen LogP contribution in [-0.2, 0) is 4.74 Å². The Morgan fingerprint density at radius 3 is 1.81 bits per heavy atom. The van der Waals surface area contributed by atoms with Gasteiger partial charge in [0, 0.05) is 28.3 Å². The zero-order valence-corrected chi connectivity index (χ0v) is 21.5. The van der Waals surface area contributed by atoms with Crippen molar-refractivity contribution in [3.63, 3.8) is 0 Å². The summed E-state index contributed by atoms with van der Waals surface area (Å²) in [6, 6.07) is 49.1. The highest BCUT2D eigenvalue weighted by atomic mass is 32.3. The van der Waals surface area contributed by atoms with Gasteiger partial charge < -0.3 is 9.30 Å². The van der Waals surface area contributed by atoms with Gasteiger partial charge in [0.25, 0.3) is 0 Å². The maximum Gasteiger partial charge on any atom is 0.0580 e. The van der Waals surface area contributed by atoms with Crippen LogP contribution in [0.3, 0.4) is 0 Å². The molecule has 1 atom stereocenters. The number of rotatable bonds is 5. The molecule has 0 saturated carbocycles. The predicted molar refractivity (Wildman–Crippen MR) is 155 cm³/mol. The minimum atomic E-state index is -1.56. The van der Waals surface area contributed by atoms with Crippen LogP contribution in [-0.4, -0.2) is 23.0 Å². The largest absolute Gasteiger partial charge is 0.380 e. The van der Waals surface area contributed by atoms with Crippen LogP contribution in [0.25, 0.3) is 27.5 Å². The van der Waals surface area contributed by atoms with E-state index in [9.17, 15) is 0 Å².